The van der Waals surface area contributed by atoms with Gasteiger partial charge in [-0.05, 0) is 6.72 Å². The summed E-state index contributed by atoms with van der Waals surface area (Å²) in [6, 6.07) is 0. The lowest BCUT2D eigenvalue weighted by Crippen LogP contribution is -1.94. The molecule has 1 rings (SSSR count). The van der Waals surface area contributed by atoms with E-state index in [1.807, 2.05) is 7.05 Å². The lowest BCUT2D eigenvalue weighted by atomic mass is 10.3. The summed E-state index contributed by atoms with van der Waals surface area (Å²) in [4.78, 5) is 3.81. The highest BCUT2D eigenvalue weighted by Crippen LogP contribution is 2.10. The van der Waals surface area contributed by atoms with Gasteiger partial charge in [-0.25, -0.2) is 0 Å². The highest BCUT2D eigenvalue weighted by Gasteiger charge is 1.97. The van der Waals surface area contributed by atoms with Gasteiger partial charge in [0, 0.05) is 25.0 Å². The van der Waals surface area contributed by atoms with Crippen LogP contribution in [0.5, 0.6) is 0 Å². The summed E-state index contributed by atoms with van der Waals surface area (Å²) in [7, 11) is 1.81. The van der Waals surface area contributed by atoms with Crippen LogP contribution in [0.4, 0.5) is 0 Å². The Kier molecular flexibility index (Phi) is 2.43. The Labute approximate surface area is 65.0 Å². The average Bonchev–Trinajstić information content (AvgIpc) is 2.52. The molecule has 4 nitrogen and oxygen atoms in total. The molecule has 0 aromatic carbocycles. The normalized spacial score (nSPS) is 11.2. The molecule has 0 unspecified atom stereocenters. The molecule has 1 aromatic heterocycles. The molecule has 0 saturated heterocycles. The van der Waals surface area contributed by atoms with Crippen molar-refractivity contribution in [3.63, 3.8) is 0 Å². The largest absolute Gasteiger partial charge is 0.392 e. The van der Waals surface area contributed by atoms with Crippen LogP contribution in [0.15, 0.2) is 23.6 Å². The number of rotatable bonds is 3. The summed E-state index contributed by atoms with van der Waals surface area (Å²) in [6.45, 7) is 3.44. The summed E-state index contributed by atoms with van der Waals surface area (Å²) < 4.78 is 0. The Morgan fingerprint density at radius 1 is 1.91 bits per heavy atom. The third-order valence-electron chi connectivity index (χ3n) is 1.25. The van der Waals surface area contributed by atoms with E-state index in [0.29, 0.717) is 0 Å². The SMILES string of the molecule is C=N/C(=C\NC)c1cn[nH]c1. The van der Waals surface area contributed by atoms with Crippen LogP contribution in [-0.2, 0) is 0 Å². The number of aromatic nitrogens is 2. The smallest absolute Gasteiger partial charge is 0.0882 e. The van der Waals surface area contributed by atoms with Gasteiger partial charge in [-0.15, -0.1) is 0 Å². The van der Waals surface area contributed by atoms with Crippen LogP contribution in [0, 0.1) is 0 Å². The first-order valence-corrected chi connectivity index (χ1v) is 3.22. The maximum absolute atomic E-state index is 3.81. The quantitative estimate of drug-likeness (QED) is 0.621. The summed E-state index contributed by atoms with van der Waals surface area (Å²) in [5, 5.41) is 9.36. The Morgan fingerprint density at radius 2 is 2.73 bits per heavy atom. The van der Waals surface area contributed by atoms with E-state index < -0.39 is 0 Å². The van der Waals surface area contributed by atoms with E-state index in [-0.39, 0.29) is 0 Å². The number of aromatic amines is 1. The molecule has 0 fully saturated rings. The average molecular weight is 150 g/mol. The summed E-state index contributed by atoms with van der Waals surface area (Å²) >= 11 is 0. The van der Waals surface area contributed by atoms with Crippen LogP contribution < -0.4 is 5.32 Å². The number of nitrogens with one attached hydrogen (secondary N) is 2. The number of nitrogens with zero attached hydrogens (tertiary/aromatic N) is 2. The number of H-pyrrole nitrogens is 1. The van der Waals surface area contributed by atoms with E-state index in [9.17, 15) is 0 Å². The standard InChI is InChI=1S/C7H10N4/c1-8-5-7(9-2)6-3-10-11-4-6/h3-5,8H,2H2,1H3,(H,10,11)/b7-5-. The molecule has 0 aliphatic heterocycles. The first-order valence-electron chi connectivity index (χ1n) is 3.22. The lowest BCUT2D eigenvalue weighted by molar-refractivity contribution is 1.09. The molecule has 58 valence electrons. The molecule has 0 aliphatic rings. The van der Waals surface area contributed by atoms with Crippen LogP contribution in [0.1, 0.15) is 5.56 Å². The van der Waals surface area contributed by atoms with Crippen LogP contribution >= 0.6 is 0 Å². The zero-order chi connectivity index (χ0) is 8.10. The first kappa shape index (κ1) is 7.53. The van der Waals surface area contributed by atoms with E-state index in [4.69, 9.17) is 0 Å². The second kappa shape index (κ2) is 3.55. The van der Waals surface area contributed by atoms with Gasteiger partial charge in [0.2, 0.25) is 0 Å². The molecular weight excluding hydrogens is 140 g/mol. The maximum atomic E-state index is 3.81. The van der Waals surface area contributed by atoms with E-state index in [0.717, 1.165) is 11.3 Å². The fourth-order valence-corrected chi connectivity index (χ4v) is 0.748. The topological polar surface area (TPSA) is 53.1 Å². The van der Waals surface area contributed by atoms with E-state index >= 15 is 0 Å². The van der Waals surface area contributed by atoms with Crippen LogP contribution in [0.25, 0.3) is 5.70 Å². The highest BCUT2D eigenvalue weighted by molar-refractivity contribution is 5.66. The minimum atomic E-state index is 0.779. The summed E-state index contributed by atoms with van der Waals surface area (Å²) in [6.07, 6.45) is 5.22. The van der Waals surface area contributed by atoms with Crippen LogP contribution in [0.2, 0.25) is 0 Å². The lowest BCUT2D eigenvalue weighted by Gasteiger charge is -1.94. The molecule has 4 heteroatoms. The monoisotopic (exact) mass is 150 g/mol. The number of hydrogen-bond acceptors (Lipinski definition) is 3. The number of aliphatic imine (C=N–C) groups is 1. The Hall–Kier alpha value is -1.58. The Balaban J connectivity index is 2.88. The van der Waals surface area contributed by atoms with Crippen molar-refractivity contribution in [3.8, 4) is 0 Å². The molecule has 0 amide bonds. The van der Waals surface area contributed by atoms with Gasteiger partial charge in [0.1, 0.15) is 0 Å². The Bertz CT molecular complexity index is 247. The third-order valence-corrected chi connectivity index (χ3v) is 1.25. The van der Waals surface area contributed by atoms with Crippen LogP contribution in [0.3, 0.4) is 0 Å². The molecular formula is C7H10N4. The van der Waals surface area contributed by atoms with Crippen LogP contribution in [-0.4, -0.2) is 24.0 Å². The van der Waals surface area contributed by atoms with Crippen molar-refractivity contribution in [3.05, 3.63) is 24.2 Å². The van der Waals surface area contributed by atoms with Gasteiger partial charge in [-0.1, -0.05) is 0 Å². The molecule has 11 heavy (non-hydrogen) atoms. The van der Waals surface area contributed by atoms with E-state index in [1.165, 1.54) is 0 Å². The highest BCUT2D eigenvalue weighted by atomic mass is 15.1. The fraction of sp³-hybridized carbons (Fsp3) is 0.143. The minimum Gasteiger partial charge on any atom is -0.392 e. The van der Waals surface area contributed by atoms with Crippen molar-refractivity contribution >= 4 is 12.4 Å². The van der Waals surface area contributed by atoms with Gasteiger partial charge in [0.05, 0.1) is 11.9 Å². The van der Waals surface area contributed by atoms with Crippen molar-refractivity contribution in [2.75, 3.05) is 7.05 Å². The van der Waals surface area contributed by atoms with Gasteiger partial charge in [-0.2, -0.15) is 5.10 Å². The molecule has 0 atom stereocenters. The minimum absolute atomic E-state index is 0.779. The second-order valence-corrected chi connectivity index (χ2v) is 1.96. The van der Waals surface area contributed by atoms with Gasteiger partial charge in [0.25, 0.3) is 0 Å². The second-order valence-electron chi connectivity index (χ2n) is 1.96. The predicted molar refractivity (Wildman–Crippen MR) is 45.2 cm³/mol. The molecule has 1 aromatic rings. The van der Waals surface area contributed by atoms with Crippen molar-refractivity contribution in [2.45, 2.75) is 0 Å². The van der Waals surface area contributed by atoms with Gasteiger partial charge >= 0.3 is 0 Å². The fourth-order valence-electron chi connectivity index (χ4n) is 0.748. The van der Waals surface area contributed by atoms with Crippen molar-refractivity contribution in [2.24, 2.45) is 4.99 Å². The zero-order valence-electron chi connectivity index (χ0n) is 6.33. The molecule has 2 N–H and O–H groups in total. The van der Waals surface area contributed by atoms with Crippen molar-refractivity contribution in [1.82, 2.24) is 15.5 Å². The molecule has 0 aliphatic carbocycles. The molecule has 0 bridgehead atoms. The summed E-state index contributed by atoms with van der Waals surface area (Å²) in [5.74, 6) is 0. The first-order chi connectivity index (χ1) is 5.38. The van der Waals surface area contributed by atoms with Gasteiger partial charge in [0.15, 0.2) is 0 Å². The van der Waals surface area contributed by atoms with Crippen molar-refractivity contribution < 1.29 is 0 Å². The molecule has 0 saturated carbocycles. The van der Waals surface area contributed by atoms with Gasteiger partial charge < -0.3 is 5.32 Å². The van der Waals surface area contributed by atoms with Crippen molar-refractivity contribution in [1.29, 1.82) is 0 Å². The molecule has 1 heterocycles. The molecule has 0 radical (unpaired) electrons. The number of hydrogen-bond donors (Lipinski definition) is 2. The maximum Gasteiger partial charge on any atom is 0.0882 e. The van der Waals surface area contributed by atoms with Gasteiger partial charge in [-0.3, -0.25) is 10.1 Å². The Morgan fingerprint density at radius 3 is 3.18 bits per heavy atom. The predicted octanol–water partition coefficient (Wildman–Crippen LogP) is 0.628. The third kappa shape index (κ3) is 1.67. The molecule has 0 spiro atoms. The zero-order valence-corrected chi connectivity index (χ0v) is 6.33. The summed E-state index contributed by atoms with van der Waals surface area (Å²) in [5.41, 5.74) is 1.70. The van der Waals surface area contributed by atoms with E-state index in [2.05, 4.69) is 27.2 Å². The van der Waals surface area contributed by atoms with E-state index in [1.54, 1.807) is 18.6 Å².